The number of ether oxygens (including phenoxy) is 1. The molecule has 4 nitrogen and oxygen atoms in total. The second-order valence-electron chi connectivity index (χ2n) is 5.55. The molecule has 4 heteroatoms. The molecule has 2 fully saturated rings. The lowest BCUT2D eigenvalue weighted by atomic mass is 10.0. The first-order valence-corrected chi connectivity index (χ1v) is 6.99. The monoisotopic (exact) mass is 260 g/mol. The van der Waals surface area contributed by atoms with Crippen LogP contribution in [0.1, 0.15) is 18.4 Å². The Morgan fingerprint density at radius 2 is 1.89 bits per heavy atom. The molecule has 1 saturated carbocycles. The van der Waals surface area contributed by atoms with Crippen molar-refractivity contribution in [3.05, 3.63) is 35.9 Å². The van der Waals surface area contributed by atoms with Crippen molar-refractivity contribution in [2.24, 2.45) is 11.8 Å². The molecule has 19 heavy (non-hydrogen) atoms. The van der Waals surface area contributed by atoms with Crippen molar-refractivity contribution < 1.29 is 9.53 Å². The van der Waals surface area contributed by atoms with Crippen molar-refractivity contribution in [3.63, 3.8) is 0 Å². The normalized spacial score (nSPS) is 28.9. The summed E-state index contributed by atoms with van der Waals surface area (Å²) in [5.74, 6) is 1.47. The first kappa shape index (κ1) is 12.5. The van der Waals surface area contributed by atoms with Gasteiger partial charge in [0.1, 0.15) is 6.61 Å². The molecule has 102 valence electrons. The number of carbonyl (C=O) groups excluding carboxylic acids is 1. The molecule has 2 N–H and O–H groups in total. The molecule has 1 aromatic rings. The first-order valence-electron chi connectivity index (χ1n) is 6.99. The summed E-state index contributed by atoms with van der Waals surface area (Å²) >= 11 is 0. The van der Waals surface area contributed by atoms with Crippen LogP contribution in [0.4, 0.5) is 4.79 Å². The van der Waals surface area contributed by atoms with Crippen LogP contribution in [-0.2, 0) is 11.3 Å². The highest BCUT2D eigenvalue weighted by Crippen LogP contribution is 2.34. The lowest BCUT2D eigenvalue weighted by Crippen LogP contribution is -2.34. The largest absolute Gasteiger partial charge is 0.445 e. The van der Waals surface area contributed by atoms with E-state index in [1.807, 2.05) is 30.3 Å². The predicted octanol–water partition coefficient (Wildman–Crippen LogP) is 1.91. The van der Waals surface area contributed by atoms with Crippen molar-refractivity contribution >= 4 is 6.09 Å². The Bertz CT molecular complexity index is 423. The van der Waals surface area contributed by atoms with Crippen LogP contribution in [0.2, 0.25) is 0 Å². The van der Waals surface area contributed by atoms with Gasteiger partial charge in [0.15, 0.2) is 0 Å². The van der Waals surface area contributed by atoms with Gasteiger partial charge >= 0.3 is 6.09 Å². The number of amides is 1. The lowest BCUT2D eigenvalue weighted by molar-refractivity contribution is 0.135. The van der Waals surface area contributed by atoms with Crippen molar-refractivity contribution in [2.45, 2.75) is 25.5 Å². The number of nitrogens with one attached hydrogen (secondary N) is 2. The molecule has 0 spiro atoms. The summed E-state index contributed by atoms with van der Waals surface area (Å²) in [7, 11) is 0. The molecule has 0 aromatic heterocycles. The highest BCUT2D eigenvalue weighted by Gasteiger charge is 2.37. The van der Waals surface area contributed by atoms with E-state index in [1.54, 1.807) is 0 Å². The maximum Gasteiger partial charge on any atom is 0.407 e. The molecule has 3 atom stereocenters. The number of fused-ring (bicyclic) bond motifs is 1. The second-order valence-corrected chi connectivity index (χ2v) is 5.55. The van der Waals surface area contributed by atoms with Crippen molar-refractivity contribution in [3.8, 4) is 0 Å². The van der Waals surface area contributed by atoms with Gasteiger partial charge in [0.2, 0.25) is 0 Å². The lowest BCUT2D eigenvalue weighted by Gasteiger charge is -2.14. The Morgan fingerprint density at radius 3 is 2.58 bits per heavy atom. The van der Waals surface area contributed by atoms with Gasteiger partial charge in [-0.15, -0.1) is 0 Å². The van der Waals surface area contributed by atoms with Gasteiger partial charge in [-0.2, -0.15) is 0 Å². The molecule has 1 amide bonds. The molecule has 3 rings (SSSR count). The van der Waals surface area contributed by atoms with Crippen molar-refractivity contribution in [1.29, 1.82) is 0 Å². The van der Waals surface area contributed by atoms with Gasteiger partial charge in [0.25, 0.3) is 0 Å². The summed E-state index contributed by atoms with van der Waals surface area (Å²) in [6, 6.07) is 10.1. The summed E-state index contributed by atoms with van der Waals surface area (Å²) in [5, 5.41) is 6.39. The second kappa shape index (κ2) is 5.61. The average molecular weight is 260 g/mol. The Balaban J connectivity index is 1.42. The molecular formula is C15H20N2O2. The zero-order chi connectivity index (χ0) is 13.1. The number of benzene rings is 1. The quantitative estimate of drug-likeness (QED) is 0.873. The Hall–Kier alpha value is -1.55. The third kappa shape index (κ3) is 3.07. The van der Waals surface area contributed by atoms with Crippen LogP contribution in [0.25, 0.3) is 0 Å². The van der Waals surface area contributed by atoms with E-state index >= 15 is 0 Å². The molecule has 0 radical (unpaired) electrons. The van der Waals surface area contributed by atoms with Crippen molar-refractivity contribution in [1.82, 2.24) is 10.6 Å². The molecule has 2 aliphatic rings. The molecular weight excluding hydrogens is 240 g/mol. The van der Waals surface area contributed by atoms with E-state index in [0.717, 1.165) is 43.3 Å². The van der Waals surface area contributed by atoms with E-state index in [2.05, 4.69) is 10.6 Å². The Kier molecular flexibility index (Phi) is 3.69. The fourth-order valence-electron chi connectivity index (χ4n) is 3.22. The minimum absolute atomic E-state index is 0.290. The highest BCUT2D eigenvalue weighted by atomic mass is 16.5. The summed E-state index contributed by atoms with van der Waals surface area (Å²) in [6.45, 7) is 2.54. The number of rotatable bonds is 3. The molecule has 1 aromatic carbocycles. The average Bonchev–Trinajstić information content (AvgIpc) is 2.98. The van der Waals surface area contributed by atoms with E-state index in [4.69, 9.17) is 4.74 Å². The van der Waals surface area contributed by atoms with E-state index in [9.17, 15) is 4.79 Å². The smallest absolute Gasteiger partial charge is 0.407 e. The van der Waals surface area contributed by atoms with Gasteiger partial charge in [-0.1, -0.05) is 30.3 Å². The number of hydrogen-bond donors (Lipinski definition) is 2. The summed E-state index contributed by atoms with van der Waals surface area (Å²) in [6.07, 6.45) is 1.87. The topological polar surface area (TPSA) is 50.4 Å². The number of hydrogen-bond acceptors (Lipinski definition) is 3. The van der Waals surface area contributed by atoms with E-state index < -0.39 is 0 Å². The van der Waals surface area contributed by atoms with E-state index in [-0.39, 0.29) is 6.09 Å². The van der Waals surface area contributed by atoms with Crippen LogP contribution < -0.4 is 10.6 Å². The van der Waals surface area contributed by atoms with Gasteiger partial charge in [-0.3, -0.25) is 0 Å². The SMILES string of the molecule is O=C(N[C@H]1C[C@H]2CNC[C@H]2C1)OCc1ccccc1. The van der Waals surface area contributed by atoms with Crippen LogP contribution in [0, 0.1) is 11.8 Å². The zero-order valence-electron chi connectivity index (χ0n) is 11.0. The van der Waals surface area contributed by atoms with Gasteiger partial charge in [-0.25, -0.2) is 4.79 Å². The van der Waals surface area contributed by atoms with Crippen LogP contribution in [0.3, 0.4) is 0 Å². The van der Waals surface area contributed by atoms with Crippen LogP contribution in [0.15, 0.2) is 30.3 Å². The zero-order valence-corrected chi connectivity index (χ0v) is 11.0. The Labute approximate surface area is 113 Å². The molecule has 1 saturated heterocycles. The number of carbonyl (C=O) groups is 1. The minimum Gasteiger partial charge on any atom is -0.445 e. The standard InChI is InChI=1S/C15H20N2O2/c18-15(19-10-11-4-2-1-3-5-11)17-14-6-12-8-16-9-13(12)7-14/h1-5,12-14,16H,6-10H2,(H,17,18)/t12-,13+,14-. The number of alkyl carbamates (subject to hydrolysis) is 1. The summed E-state index contributed by atoms with van der Waals surface area (Å²) in [4.78, 5) is 11.7. The summed E-state index contributed by atoms with van der Waals surface area (Å²) < 4.78 is 5.25. The van der Waals surface area contributed by atoms with Gasteiger partial charge in [0, 0.05) is 6.04 Å². The van der Waals surface area contributed by atoms with Crippen LogP contribution >= 0.6 is 0 Å². The van der Waals surface area contributed by atoms with E-state index in [0.29, 0.717) is 12.6 Å². The predicted molar refractivity (Wildman–Crippen MR) is 72.6 cm³/mol. The molecule has 1 heterocycles. The minimum atomic E-state index is -0.290. The maximum absolute atomic E-state index is 11.7. The van der Waals surface area contributed by atoms with Gasteiger partial charge in [0.05, 0.1) is 0 Å². The van der Waals surface area contributed by atoms with Gasteiger partial charge < -0.3 is 15.4 Å². The molecule has 1 aliphatic heterocycles. The summed E-state index contributed by atoms with van der Waals surface area (Å²) in [5.41, 5.74) is 1.02. The first-order chi connectivity index (χ1) is 9.31. The van der Waals surface area contributed by atoms with Gasteiger partial charge in [-0.05, 0) is 43.3 Å². The fraction of sp³-hybridized carbons (Fsp3) is 0.533. The molecule has 0 bridgehead atoms. The third-order valence-corrected chi connectivity index (χ3v) is 4.19. The third-order valence-electron chi connectivity index (χ3n) is 4.19. The van der Waals surface area contributed by atoms with E-state index in [1.165, 1.54) is 0 Å². The Morgan fingerprint density at radius 1 is 1.21 bits per heavy atom. The molecule has 1 aliphatic carbocycles. The molecule has 0 unspecified atom stereocenters. The van der Waals surface area contributed by atoms with Crippen molar-refractivity contribution in [2.75, 3.05) is 13.1 Å². The van der Waals surface area contributed by atoms with Crippen LogP contribution in [0.5, 0.6) is 0 Å². The van der Waals surface area contributed by atoms with Crippen LogP contribution in [-0.4, -0.2) is 25.2 Å². The fourth-order valence-corrected chi connectivity index (χ4v) is 3.22. The maximum atomic E-state index is 11.7. The highest BCUT2D eigenvalue weighted by molar-refractivity contribution is 5.67.